The first-order valence-corrected chi connectivity index (χ1v) is 8.12. The van der Waals surface area contributed by atoms with Crippen molar-refractivity contribution < 1.29 is 8.42 Å². The lowest BCUT2D eigenvalue weighted by molar-refractivity contribution is 0.587. The van der Waals surface area contributed by atoms with E-state index >= 15 is 0 Å². The number of azide groups is 1. The summed E-state index contributed by atoms with van der Waals surface area (Å²) in [6, 6.07) is 5.55. The lowest BCUT2D eigenvalue weighted by atomic mass is 10.1. The summed E-state index contributed by atoms with van der Waals surface area (Å²) in [5, 5.41) is 3.60. The summed E-state index contributed by atoms with van der Waals surface area (Å²) < 4.78 is 24.5. The average Bonchev–Trinajstić information content (AvgIpc) is 2.36. The van der Waals surface area contributed by atoms with Crippen LogP contribution in [0.1, 0.15) is 12.5 Å². The molecule has 8 heteroatoms. The Bertz CT molecular complexity index is 608. The summed E-state index contributed by atoms with van der Waals surface area (Å²) in [6.45, 7) is 5.55. The molecule has 1 N–H and O–H groups in total. The van der Waals surface area contributed by atoms with Crippen LogP contribution < -0.4 is 9.62 Å². The van der Waals surface area contributed by atoms with Gasteiger partial charge in [-0.15, -0.1) is 0 Å². The van der Waals surface area contributed by atoms with Crippen LogP contribution in [0.25, 0.3) is 10.4 Å². The van der Waals surface area contributed by atoms with E-state index in [1.165, 1.54) is 0 Å². The lowest BCUT2D eigenvalue weighted by Gasteiger charge is -2.23. The van der Waals surface area contributed by atoms with Gasteiger partial charge in [-0.2, -0.15) is 0 Å². The molecule has 1 aromatic rings. The molecule has 0 aromatic heterocycles. The van der Waals surface area contributed by atoms with Crippen molar-refractivity contribution in [1.29, 1.82) is 0 Å². The minimum atomic E-state index is -3.16. The van der Waals surface area contributed by atoms with Gasteiger partial charge >= 0.3 is 0 Å². The van der Waals surface area contributed by atoms with Crippen LogP contribution in [0.4, 0.5) is 11.4 Å². The molecule has 20 heavy (non-hydrogen) atoms. The van der Waals surface area contributed by atoms with E-state index in [0.29, 0.717) is 18.8 Å². The molecule has 0 radical (unpaired) electrons. The van der Waals surface area contributed by atoms with E-state index in [-0.39, 0.29) is 0 Å². The molecule has 0 heterocycles. The van der Waals surface area contributed by atoms with Crippen molar-refractivity contribution in [2.75, 3.05) is 30.8 Å². The number of sulfonamides is 1. The zero-order valence-corrected chi connectivity index (χ0v) is 12.7. The molecule has 0 bridgehead atoms. The van der Waals surface area contributed by atoms with Crippen molar-refractivity contribution in [1.82, 2.24) is 4.72 Å². The number of anilines is 1. The molecular weight excluding hydrogens is 278 g/mol. The van der Waals surface area contributed by atoms with E-state index in [9.17, 15) is 8.42 Å². The van der Waals surface area contributed by atoms with E-state index in [1.54, 1.807) is 6.07 Å². The number of aryl methyl sites for hydroxylation is 1. The third-order valence-electron chi connectivity index (χ3n) is 2.83. The van der Waals surface area contributed by atoms with Gasteiger partial charge in [0.1, 0.15) is 0 Å². The minimum absolute atomic E-state index is 0.351. The summed E-state index contributed by atoms with van der Waals surface area (Å²) in [7, 11) is -3.16. The van der Waals surface area contributed by atoms with Crippen molar-refractivity contribution in [2.45, 2.75) is 13.8 Å². The van der Waals surface area contributed by atoms with Crippen molar-refractivity contribution in [2.24, 2.45) is 5.11 Å². The Kier molecular flexibility index (Phi) is 5.82. The van der Waals surface area contributed by atoms with Gasteiger partial charge in [-0.25, -0.2) is 13.1 Å². The Balaban J connectivity index is 2.80. The Morgan fingerprint density at radius 3 is 2.65 bits per heavy atom. The third-order valence-corrected chi connectivity index (χ3v) is 3.55. The Morgan fingerprint density at radius 2 is 2.15 bits per heavy atom. The number of hydrogen-bond donors (Lipinski definition) is 1. The van der Waals surface area contributed by atoms with Crippen LogP contribution in [-0.2, 0) is 10.0 Å². The van der Waals surface area contributed by atoms with Crippen molar-refractivity contribution in [3.05, 3.63) is 34.2 Å². The monoisotopic (exact) mass is 297 g/mol. The molecule has 1 rings (SSSR count). The fraction of sp³-hybridized carbons (Fsp3) is 0.500. The molecule has 0 aliphatic carbocycles. The molecule has 0 unspecified atom stereocenters. The van der Waals surface area contributed by atoms with Crippen molar-refractivity contribution in [3.63, 3.8) is 0 Å². The average molecular weight is 297 g/mol. The minimum Gasteiger partial charge on any atom is -0.370 e. The quantitative estimate of drug-likeness (QED) is 0.475. The number of benzene rings is 1. The van der Waals surface area contributed by atoms with Crippen LogP contribution >= 0.6 is 0 Å². The van der Waals surface area contributed by atoms with Crippen LogP contribution in [0.15, 0.2) is 23.3 Å². The number of nitrogens with zero attached hydrogens (tertiary/aromatic N) is 4. The molecule has 0 aliphatic heterocycles. The van der Waals surface area contributed by atoms with E-state index in [1.807, 2.05) is 30.9 Å². The molecule has 0 spiro atoms. The molecule has 0 aliphatic rings. The normalized spacial score (nSPS) is 10.9. The molecule has 1 aromatic carbocycles. The maximum absolute atomic E-state index is 11.0. The molecule has 0 saturated carbocycles. The first kappa shape index (κ1) is 16.3. The SMILES string of the molecule is CCN(CCNS(C)(=O)=O)c1ccc(N=[N+]=[N-])c(C)c1. The second kappa shape index (κ2) is 7.14. The van der Waals surface area contributed by atoms with Crippen LogP contribution in [0.3, 0.4) is 0 Å². The van der Waals surface area contributed by atoms with Gasteiger partial charge in [0.25, 0.3) is 0 Å². The highest BCUT2D eigenvalue weighted by atomic mass is 32.2. The van der Waals surface area contributed by atoms with Gasteiger partial charge in [-0.1, -0.05) is 11.2 Å². The summed E-state index contributed by atoms with van der Waals surface area (Å²) in [5.41, 5.74) is 10.9. The molecule has 0 atom stereocenters. The summed E-state index contributed by atoms with van der Waals surface area (Å²) in [4.78, 5) is 4.82. The molecule has 110 valence electrons. The van der Waals surface area contributed by atoms with E-state index in [2.05, 4.69) is 14.7 Å². The zero-order chi connectivity index (χ0) is 15.2. The van der Waals surface area contributed by atoms with Crippen molar-refractivity contribution in [3.8, 4) is 0 Å². The number of nitrogens with one attached hydrogen (secondary N) is 1. The van der Waals surface area contributed by atoms with Gasteiger partial charge in [-0.3, -0.25) is 0 Å². The highest BCUT2D eigenvalue weighted by Crippen LogP contribution is 2.24. The highest BCUT2D eigenvalue weighted by molar-refractivity contribution is 7.88. The maximum Gasteiger partial charge on any atom is 0.208 e. The summed E-state index contributed by atoms with van der Waals surface area (Å²) in [5.74, 6) is 0. The Morgan fingerprint density at radius 1 is 1.45 bits per heavy atom. The van der Waals surface area contributed by atoms with Gasteiger partial charge in [0.05, 0.1) is 6.26 Å². The molecule has 0 saturated heterocycles. The highest BCUT2D eigenvalue weighted by Gasteiger charge is 2.07. The first-order chi connectivity index (χ1) is 9.37. The Hall–Kier alpha value is -1.76. The summed E-state index contributed by atoms with van der Waals surface area (Å²) in [6.07, 6.45) is 1.14. The van der Waals surface area contributed by atoms with E-state index in [4.69, 9.17) is 5.53 Å². The number of hydrogen-bond acceptors (Lipinski definition) is 4. The molecule has 0 amide bonds. The van der Waals surface area contributed by atoms with Crippen LogP contribution in [0.5, 0.6) is 0 Å². The van der Waals surface area contributed by atoms with E-state index in [0.717, 1.165) is 24.1 Å². The summed E-state index contributed by atoms with van der Waals surface area (Å²) >= 11 is 0. The predicted octanol–water partition coefficient (Wildman–Crippen LogP) is 2.31. The lowest BCUT2D eigenvalue weighted by Crippen LogP contribution is -2.34. The third kappa shape index (κ3) is 5.08. The maximum atomic E-state index is 11.0. The standard InChI is InChI=1S/C12H19N5O2S/c1-4-17(8-7-14-20(3,18)19)11-5-6-12(15-16-13)10(2)9-11/h5-6,9,14H,4,7-8H2,1-3H3. The fourth-order valence-electron chi connectivity index (χ4n) is 1.83. The molecule has 0 fully saturated rings. The first-order valence-electron chi connectivity index (χ1n) is 6.22. The van der Waals surface area contributed by atoms with E-state index < -0.39 is 10.0 Å². The van der Waals surface area contributed by atoms with Gasteiger partial charge < -0.3 is 4.90 Å². The number of rotatable bonds is 7. The van der Waals surface area contributed by atoms with Crippen molar-refractivity contribution >= 4 is 21.4 Å². The van der Waals surface area contributed by atoms with Gasteiger partial charge in [0, 0.05) is 35.9 Å². The largest absolute Gasteiger partial charge is 0.370 e. The van der Waals surface area contributed by atoms with Gasteiger partial charge in [-0.05, 0) is 37.1 Å². The van der Waals surface area contributed by atoms with Gasteiger partial charge in [0.15, 0.2) is 0 Å². The van der Waals surface area contributed by atoms with Crippen LogP contribution in [0, 0.1) is 6.92 Å². The second-order valence-corrected chi connectivity index (χ2v) is 6.24. The molecular formula is C12H19N5O2S. The van der Waals surface area contributed by atoms with Gasteiger partial charge in [0.2, 0.25) is 10.0 Å². The van der Waals surface area contributed by atoms with Crippen LogP contribution in [-0.4, -0.2) is 34.3 Å². The zero-order valence-electron chi connectivity index (χ0n) is 11.9. The molecule has 7 nitrogen and oxygen atoms in total. The van der Waals surface area contributed by atoms with Crippen LogP contribution in [0.2, 0.25) is 0 Å². The Labute approximate surface area is 119 Å². The smallest absolute Gasteiger partial charge is 0.208 e. The second-order valence-electron chi connectivity index (χ2n) is 4.41. The number of likely N-dealkylation sites (N-methyl/N-ethyl adjacent to an activating group) is 1. The fourth-order valence-corrected chi connectivity index (χ4v) is 2.29. The topological polar surface area (TPSA) is 98.2 Å². The predicted molar refractivity (Wildman–Crippen MR) is 80.7 cm³/mol.